The van der Waals surface area contributed by atoms with Crippen LogP contribution in [0.3, 0.4) is 0 Å². The predicted octanol–water partition coefficient (Wildman–Crippen LogP) is 6.13. The molecule has 4 heteroatoms. The van der Waals surface area contributed by atoms with Crippen LogP contribution in [0.25, 0.3) is 0 Å². The van der Waals surface area contributed by atoms with Gasteiger partial charge in [-0.3, -0.25) is 9.59 Å². The summed E-state index contributed by atoms with van der Waals surface area (Å²) in [7, 11) is 0. The number of rotatable bonds is 16. The van der Waals surface area contributed by atoms with E-state index < -0.39 is 11.9 Å². The van der Waals surface area contributed by atoms with Crippen molar-refractivity contribution in [1.82, 2.24) is 0 Å². The molecular formula is C24H40O4. The van der Waals surface area contributed by atoms with E-state index in [4.69, 9.17) is 0 Å². The quantitative estimate of drug-likeness (QED) is 0.188. The molecule has 0 unspecified atom stereocenters. The Kier molecular flexibility index (Phi) is 13.6. The number of Topliss-reactive ketones (excluding diaryl/α,β-unsaturated/α-hetero) is 2. The minimum Gasteiger partial charge on any atom is -0.509 e. The van der Waals surface area contributed by atoms with Gasteiger partial charge >= 0.3 is 0 Å². The highest BCUT2D eigenvalue weighted by Gasteiger charge is 2.30. The van der Waals surface area contributed by atoms with Crippen molar-refractivity contribution in [2.24, 2.45) is 0 Å². The smallest absolute Gasteiger partial charge is 0.170 e. The molecule has 2 N–H and O–H groups in total. The molecule has 0 aromatic rings. The van der Waals surface area contributed by atoms with E-state index in [2.05, 4.69) is 19.1 Å². The Morgan fingerprint density at radius 1 is 0.929 bits per heavy atom. The Morgan fingerprint density at radius 2 is 1.46 bits per heavy atom. The summed E-state index contributed by atoms with van der Waals surface area (Å²) in [6.07, 6.45) is 19.7. The summed E-state index contributed by atoms with van der Waals surface area (Å²) in [6, 6.07) is 0. The van der Waals surface area contributed by atoms with Crippen molar-refractivity contribution in [2.45, 2.75) is 116 Å². The van der Waals surface area contributed by atoms with Gasteiger partial charge in [-0.15, -0.1) is 0 Å². The summed E-state index contributed by atoms with van der Waals surface area (Å²) >= 11 is 0. The molecule has 0 aliphatic heterocycles. The van der Waals surface area contributed by atoms with Crippen LogP contribution in [0.1, 0.15) is 110 Å². The highest BCUT2D eigenvalue weighted by atomic mass is 16.3. The largest absolute Gasteiger partial charge is 0.509 e. The summed E-state index contributed by atoms with van der Waals surface area (Å²) in [4.78, 5) is 23.9. The summed E-state index contributed by atoms with van der Waals surface area (Å²) in [6.45, 7) is 2.24. The lowest BCUT2D eigenvalue weighted by Crippen LogP contribution is -2.27. The second-order valence-corrected chi connectivity index (χ2v) is 8.00. The molecule has 0 amide bonds. The third-order valence-corrected chi connectivity index (χ3v) is 5.44. The normalized spacial score (nSPS) is 17.6. The van der Waals surface area contributed by atoms with Crippen LogP contribution in [0.5, 0.6) is 0 Å². The fourth-order valence-electron chi connectivity index (χ4n) is 3.62. The molecule has 1 aliphatic rings. The first-order valence-corrected chi connectivity index (χ1v) is 11.4. The molecule has 1 rings (SSSR count). The number of unbranched alkanes of at least 4 members (excludes halogenated alkanes) is 11. The van der Waals surface area contributed by atoms with Gasteiger partial charge in [0.1, 0.15) is 17.4 Å². The average Bonchev–Trinajstić information content (AvgIpc) is 2.68. The second kappa shape index (κ2) is 15.5. The Hall–Kier alpha value is -1.42. The van der Waals surface area contributed by atoms with Crippen LogP contribution >= 0.6 is 0 Å². The van der Waals surface area contributed by atoms with E-state index in [1.807, 2.05) is 0 Å². The van der Waals surface area contributed by atoms with Gasteiger partial charge in [0.2, 0.25) is 0 Å². The first kappa shape index (κ1) is 24.6. The summed E-state index contributed by atoms with van der Waals surface area (Å²) in [5.41, 5.74) is -0.157. The molecule has 0 fully saturated rings. The third-order valence-electron chi connectivity index (χ3n) is 5.44. The van der Waals surface area contributed by atoms with Crippen molar-refractivity contribution < 1.29 is 19.8 Å². The number of aliphatic hydroxyl groups is 2. The van der Waals surface area contributed by atoms with Crippen LogP contribution in [-0.4, -0.2) is 27.9 Å². The minimum absolute atomic E-state index is 0.138. The molecule has 0 bridgehead atoms. The van der Waals surface area contributed by atoms with E-state index in [1.165, 1.54) is 57.8 Å². The summed E-state index contributed by atoms with van der Waals surface area (Å²) in [5.74, 6) is -1.07. The molecule has 160 valence electrons. The number of hydrogen-bond donors (Lipinski definition) is 2. The fourth-order valence-corrected chi connectivity index (χ4v) is 3.62. The number of aliphatic hydroxyl groups excluding tert-OH is 2. The van der Waals surface area contributed by atoms with Crippen molar-refractivity contribution >= 4 is 11.6 Å². The van der Waals surface area contributed by atoms with Crippen molar-refractivity contribution in [3.63, 3.8) is 0 Å². The first-order chi connectivity index (χ1) is 13.6. The first-order valence-electron chi connectivity index (χ1n) is 11.4. The Morgan fingerprint density at radius 3 is 2.07 bits per heavy atom. The highest BCUT2D eigenvalue weighted by Crippen LogP contribution is 2.23. The second-order valence-electron chi connectivity index (χ2n) is 8.00. The maximum Gasteiger partial charge on any atom is 0.170 e. The highest BCUT2D eigenvalue weighted by molar-refractivity contribution is 6.21. The van der Waals surface area contributed by atoms with Crippen molar-refractivity contribution in [3.05, 3.63) is 23.5 Å². The molecule has 0 saturated heterocycles. The van der Waals surface area contributed by atoms with Crippen LogP contribution in [0.2, 0.25) is 0 Å². The number of hydrogen-bond acceptors (Lipinski definition) is 4. The van der Waals surface area contributed by atoms with Gasteiger partial charge in [-0.25, -0.2) is 0 Å². The molecule has 1 aliphatic carbocycles. The van der Waals surface area contributed by atoms with Crippen molar-refractivity contribution in [2.75, 3.05) is 0 Å². The molecule has 4 nitrogen and oxygen atoms in total. The lowest BCUT2D eigenvalue weighted by atomic mass is 9.89. The third kappa shape index (κ3) is 10.2. The van der Waals surface area contributed by atoms with Gasteiger partial charge in [0.05, 0.1) is 0 Å². The molecule has 0 heterocycles. The SMILES string of the molecule is CCCCCCC/C=C\CCCCCCCCC(=O)C1=C(O)[C@@H](O)CCC1=O. The minimum atomic E-state index is -1.06. The number of carbonyl (C=O) groups is 2. The Bertz CT molecular complexity index is 519. The van der Waals surface area contributed by atoms with Gasteiger partial charge in [0.25, 0.3) is 0 Å². The maximum atomic E-state index is 12.1. The van der Waals surface area contributed by atoms with E-state index >= 15 is 0 Å². The monoisotopic (exact) mass is 392 g/mol. The number of allylic oxidation sites excluding steroid dienone is 3. The molecule has 1 atom stereocenters. The lowest BCUT2D eigenvalue weighted by Gasteiger charge is -2.18. The topological polar surface area (TPSA) is 74.6 Å². The van der Waals surface area contributed by atoms with Crippen LogP contribution < -0.4 is 0 Å². The summed E-state index contributed by atoms with van der Waals surface area (Å²) < 4.78 is 0. The van der Waals surface area contributed by atoms with Crippen LogP contribution in [0.4, 0.5) is 0 Å². The van der Waals surface area contributed by atoms with Gasteiger partial charge < -0.3 is 10.2 Å². The predicted molar refractivity (Wildman–Crippen MR) is 114 cm³/mol. The van der Waals surface area contributed by atoms with Gasteiger partial charge in [0, 0.05) is 12.8 Å². The molecule has 0 aromatic carbocycles. The zero-order valence-corrected chi connectivity index (χ0v) is 17.8. The van der Waals surface area contributed by atoms with Gasteiger partial charge in [-0.2, -0.15) is 0 Å². The van der Waals surface area contributed by atoms with Gasteiger partial charge in [-0.1, -0.05) is 70.4 Å². The van der Waals surface area contributed by atoms with Crippen LogP contribution in [-0.2, 0) is 9.59 Å². The molecule has 0 radical (unpaired) electrons. The van der Waals surface area contributed by atoms with E-state index in [0.29, 0.717) is 0 Å². The van der Waals surface area contributed by atoms with Gasteiger partial charge in [-0.05, 0) is 38.5 Å². The average molecular weight is 393 g/mol. The van der Waals surface area contributed by atoms with Crippen molar-refractivity contribution in [3.8, 4) is 0 Å². The standard InChI is InChI=1S/C24H40O4/c1-2-3-4-5-6-7-8-9-10-11-12-13-14-15-16-17-20(25)23-21(26)18-19-22(27)24(23)28/h8-9,22,27-28H,2-7,10-19H2,1H3/b9-8-/t22-/m0/s1. The van der Waals surface area contributed by atoms with Crippen molar-refractivity contribution in [1.29, 1.82) is 0 Å². The number of ketones is 2. The molecule has 28 heavy (non-hydrogen) atoms. The molecule has 0 spiro atoms. The zero-order valence-electron chi connectivity index (χ0n) is 17.8. The van der Waals surface area contributed by atoms with Crippen LogP contribution in [0, 0.1) is 0 Å². The zero-order chi connectivity index (χ0) is 20.6. The van der Waals surface area contributed by atoms with E-state index in [9.17, 15) is 19.8 Å². The molecular weight excluding hydrogens is 352 g/mol. The Balaban J connectivity index is 1.98. The van der Waals surface area contributed by atoms with E-state index in [-0.39, 0.29) is 36.4 Å². The van der Waals surface area contributed by atoms with Gasteiger partial charge in [0.15, 0.2) is 11.6 Å². The van der Waals surface area contributed by atoms with E-state index in [0.717, 1.165) is 25.7 Å². The van der Waals surface area contributed by atoms with Crippen LogP contribution in [0.15, 0.2) is 23.5 Å². The Labute approximate surface area is 171 Å². The summed E-state index contributed by atoms with van der Waals surface area (Å²) in [5, 5.41) is 19.4. The molecule has 0 aromatic heterocycles. The van der Waals surface area contributed by atoms with E-state index in [1.54, 1.807) is 0 Å². The fraction of sp³-hybridized carbons (Fsp3) is 0.750. The lowest BCUT2D eigenvalue weighted by molar-refractivity contribution is -0.123. The number of carbonyl (C=O) groups excluding carboxylic acids is 2. The maximum absolute atomic E-state index is 12.1. The molecule has 0 saturated carbocycles.